The second-order valence-electron chi connectivity index (χ2n) is 5.04. The molecule has 0 heterocycles. The van der Waals surface area contributed by atoms with E-state index in [1.54, 1.807) is 0 Å². The molecule has 0 radical (unpaired) electrons. The number of rotatable bonds is 2. The maximum Gasteiger partial charge on any atom is 0.0221 e. The van der Waals surface area contributed by atoms with Gasteiger partial charge in [-0.15, -0.1) is 12.4 Å². The monoisotopic (exact) mass is 239 g/mol. The molecule has 2 atom stereocenters. The minimum atomic E-state index is 0. The first-order chi connectivity index (χ1) is 7.21. The van der Waals surface area contributed by atoms with Crippen molar-refractivity contribution in [1.82, 2.24) is 0 Å². The molecule has 0 saturated heterocycles. The van der Waals surface area contributed by atoms with Gasteiger partial charge in [-0.3, -0.25) is 0 Å². The lowest BCUT2D eigenvalue weighted by Crippen LogP contribution is -2.49. The summed E-state index contributed by atoms with van der Waals surface area (Å²) in [5.41, 5.74) is 7.96. The number of hydrogen-bond donors (Lipinski definition) is 1. The summed E-state index contributed by atoms with van der Waals surface area (Å²) in [6, 6.07) is 10.7. The van der Waals surface area contributed by atoms with E-state index in [2.05, 4.69) is 37.3 Å². The summed E-state index contributed by atoms with van der Waals surface area (Å²) < 4.78 is 0. The van der Waals surface area contributed by atoms with Crippen molar-refractivity contribution in [2.75, 3.05) is 0 Å². The average molecular weight is 240 g/mol. The molecule has 1 saturated carbocycles. The van der Waals surface area contributed by atoms with Crippen molar-refractivity contribution in [3.8, 4) is 0 Å². The highest BCUT2D eigenvalue weighted by atomic mass is 35.5. The zero-order chi connectivity index (χ0) is 10.7. The predicted molar refractivity (Wildman–Crippen MR) is 71.9 cm³/mol. The average Bonchev–Trinajstić information content (AvgIpc) is 2.24. The quantitative estimate of drug-likeness (QED) is 0.839. The molecule has 16 heavy (non-hydrogen) atoms. The molecule has 0 spiro atoms. The van der Waals surface area contributed by atoms with Gasteiger partial charge < -0.3 is 5.73 Å². The van der Waals surface area contributed by atoms with Gasteiger partial charge in [0.15, 0.2) is 0 Å². The molecule has 0 aliphatic heterocycles. The van der Waals surface area contributed by atoms with Crippen LogP contribution < -0.4 is 5.73 Å². The van der Waals surface area contributed by atoms with Gasteiger partial charge in [0, 0.05) is 5.54 Å². The third-order valence-electron chi connectivity index (χ3n) is 3.89. The van der Waals surface area contributed by atoms with Gasteiger partial charge in [0.2, 0.25) is 0 Å². The van der Waals surface area contributed by atoms with Crippen molar-refractivity contribution >= 4 is 12.4 Å². The lowest BCUT2D eigenvalue weighted by atomic mass is 9.71. The Balaban J connectivity index is 0.00000128. The summed E-state index contributed by atoms with van der Waals surface area (Å²) in [7, 11) is 0. The molecule has 2 unspecified atom stereocenters. The Morgan fingerprint density at radius 2 is 1.94 bits per heavy atom. The van der Waals surface area contributed by atoms with Crippen LogP contribution in [0.1, 0.15) is 38.2 Å². The highest BCUT2D eigenvalue weighted by Crippen LogP contribution is 2.33. The zero-order valence-electron chi connectivity index (χ0n) is 9.99. The van der Waals surface area contributed by atoms with Gasteiger partial charge in [-0.05, 0) is 30.7 Å². The van der Waals surface area contributed by atoms with Gasteiger partial charge in [0.05, 0.1) is 0 Å². The van der Waals surface area contributed by atoms with E-state index in [0.29, 0.717) is 5.92 Å². The highest BCUT2D eigenvalue weighted by Gasteiger charge is 2.33. The third kappa shape index (κ3) is 2.99. The molecule has 2 rings (SSSR count). The summed E-state index contributed by atoms with van der Waals surface area (Å²) in [6.07, 6.45) is 6.17. The maximum atomic E-state index is 6.53. The van der Waals surface area contributed by atoms with E-state index in [-0.39, 0.29) is 17.9 Å². The summed E-state index contributed by atoms with van der Waals surface area (Å²) >= 11 is 0. The summed E-state index contributed by atoms with van der Waals surface area (Å²) in [5, 5.41) is 0. The maximum absolute atomic E-state index is 6.53. The van der Waals surface area contributed by atoms with E-state index in [1.807, 2.05) is 0 Å². The molecule has 90 valence electrons. The molecule has 1 fully saturated rings. The van der Waals surface area contributed by atoms with Crippen molar-refractivity contribution in [2.45, 2.75) is 44.6 Å². The van der Waals surface area contributed by atoms with Crippen LogP contribution in [0, 0.1) is 5.92 Å². The van der Waals surface area contributed by atoms with E-state index in [0.717, 1.165) is 6.42 Å². The van der Waals surface area contributed by atoms with Crippen LogP contribution in [-0.4, -0.2) is 5.54 Å². The number of nitrogens with two attached hydrogens (primary N) is 1. The number of benzene rings is 1. The molecule has 1 aromatic carbocycles. The third-order valence-corrected chi connectivity index (χ3v) is 3.89. The summed E-state index contributed by atoms with van der Waals surface area (Å²) in [6.45, 7) is 2.31. The van der Waals surface area contributed by atoms with Crippen LogP contribution in [0.5, 0.6) is 0 Å². The second kappa shape index (κ2) is 5.70. The molecule has 0 bridgehead atoms. The molecule has 2 N–H and O–H groups in total. The fourth-order valence-corrected chi connectivity index (χ4v) is 2.68. The highest BCUT2D eigenvalue weighted by molar-refractivity contribution is 5.85. The Morgan fingerprint density at radius 3 is 2.56 bits per heavy atom. The first kappa shape index (κ1) is 13.5. The van der Waals surface area contributed by atoms with E-state index in [1.165, 1.54) is 31.2 Å². The lowest BCUT2D eigenvalue weighted by molar-refractivity contribution is 0.204. The molecule has 1 aliphatic rings. The Labute approximate surface area is 105 Å². The molecule has 1 aliphatic carbocycles. The molecule has 0 amide bonds. The van der Waals surface area contributed by atoms with Crippen molar-refractivity contribution < 1.29 is 0 Å². The van der Waals surface area contributed by atoms with Crippen LogP contribution in [-0.2, 0) is 6.42 Å². The molecular formula is C14H22ClN. The SMILES string of the molecule is CC1CCCCC1(N)Cc1ccccc1.Cl. The Kier molecular flexibility index (Phi) is 4.82. The van der Waals surface area contributed by atoms with Gasteiger partial charge in [-0.1, -0.05) is 50.1 Å². The molecule has 1 nitrogen and oxygen atoms in total. The second-order valence-corrected chi connectivity index (χ2v) is 5.04. The normalized spacial score (nSPS) is 29.5. The Hall–Kier alpha value is -0.530. The van der Waals surface area contributed by atoms with Gasteiger partial charge in [-0.25, -0.2) is 0 Å². The molecule has 0 aromatic heterocycles. The van der Waals surface area contributed by atoms with Crippen LogP contribution in [0.2, 0.25) is 0 Å². The summed E-state index contributed by atoms with van der Waals surface area (Å²) in [5.74, 6) is 0.659. The van der Waals surface area contributed by atoms with Crippen molar-refractivity contribution in [2.24, 2.45) is 11.7 Å². The van der Waals surface area contributed by atoms with Gasteiger partial charge in [0.25, 0.3) is 0 Å². The van der Waals surface area contributed by atoms with Crippen LogP contribution in [0.4, 0.5) is 0 Å². The van der Waals surface area contributed by atoms with Crippen LogP contribution >= 0.6 is 12.4 Å². The van der Waals surface area contributed by atoms with E-state index in [4.69, 9.17) is 5.73 Å². The largest absolute Gasteiger partial charge is 0.325 e. The van der Waals surface area contributed by atoms with Crippen LogP contribution in [0.15, 0.2) is 30.3 Å². The topological polar surface area (TPSA) is 26.0 Å². The smallest absolute Gasteiger partial charge is 0.0221 e. The van der Waals surface area contributed by atoms with Crippen molar-refractivity contribution in [3.63, 3.8) is 0 Å². The first-order valence-electron chi connectivity index (χ1n) is 6.03. The lowest BCUT2D eigenvalue weighted by Gasteiger charge is -2.39. The fraction of sp³-hybridized carbons (Fsp3) is 0.571. The van der Waals surface area contributed by atoms with Crippen molar-refractivity contribution in [1.29, 1.82) is 0 Å². The van der Waals surface area contributed by atoms with E-state index >= 15 is 0 Å². The molecule has 2 heteroatoms. The first-order valence-corrected chi connectivity index (χ1v) is 6.03. The van der Waals surface area contributed by atoms with Gasteiger partial charge >= 0.3 is 0 Å². The summed E-state index contributed by atoms with van der Waals surface area (Å²) in [4.78, 5) is 0. The number of hydrogen-bond acceptors (Lipinski definition) is 1. The fourth-order valence-electron chi connectivity index (χ4n) is 2.68. The number of halogens is 1. The van der Waals surface area contributed by atoms with Crippen LogP contribution in [0.3, 0.4) is 0 Å². The predicted octanol–water partition coefficient (Wildman–Crippen LogP) is 3.56. The van der Waals surface area contributed by atoms with Crippen molar-refractivity contribution in [3.05, 3.63) is 35.9 Å². The Morgan fingerprint density at radius 1 is 1.25 bits per heavy atom. The zero-order valence-corrected chi connectivity index (χ0v) is 10.8. The van der Waals surface area contributed by atoms with E-state index in [9.17, 15) is 0 Å². The molecule has 1 aromatic rings. The minimum Gasteiger partial charge on any atom is -0.325 e. The van der Waals surface area contributed by atoms with Gasteiger partial charge in [-0.2, -0.15) is 0 Å². The Bertz CT molecular complexity index is 312. The minimum absolute atomic E-state index is 0. The molecular weight excluding hydrogens is 218 g/mol. The van der Waals surface area contributed by atoms with Crippen LogP contribution in [0.25, 0.3) is 0 Å². The van der Waals surface area contributed by atoms with E-state index < -0.39 is 0 Å². The standard InChI is InChI=1S/C14H21N.ClH/c1-12-7-5-6-10-14(12,15)11-13-8-3-2-4-9-13;/h2-4,8-9,12H,5-7,10-11,15H2,1H3;1H. The van der Waals surface area contributed by atoms with Gasteiger partial charge in [0.1, 0.15) is 0 Å².